The number of ether oxygens (including phenoxy) is 1. The van der Waals surface area contributed by atoms with Crippen molar-refractivity contribution in [2.45, 2.75) is 39.9 Å². The van der Waals surface area contributed by atoms with Gasteiger partial charge in [-0.2, -0.15) is 0 Å². The maximum atomic E-state index is 13.1. The van der Waals surface area contributed by atoms with E-state index in [9.17, 15) is 4.79 Å². The molecule has 0 aliphatic carbocycles. The molecule has 158 valence electrons. The summed E-state index contributed by atoms with van der Waals surface area (Å²) in [6.07, 6.45) is -0.282. The van der Waals surface area contributed by atoms with Crippen molar-refractivity contribution >= 4 is 33.1 Å². The number of pyridine rings is 1. The molecule has 31 heavy (non-hydrogen) atoms. The van der Waals surface area contributed by atoms with Gasteiger partial charge in [0.05, 0.1) is 16.7 Å². The van der Waals surface area contributed by atoms with E-state index >= 15 is 0 Å². The van der Waals surface area contributed by atoms with Crippen molar-refractivity contribution in [3.05, 3.63) is 94.0 Å². The Morgan fingerprint density at radius 3 is 2.29 bits per heavy atom. The molecule has 0 aliphatic rings. The van der Waals surface area contributed by atoms with Crippen LogP contribution in [0.2, 0.25) is 0 Å². The SMILES string of the molecule is Cc1cc(C)c2c(NC(=O)c3ccccc3)c([C@@H](OC(C)C)c3ccccc3)sc2n1. The van der Waals surface area contributed by atoms with E-state index in [1.54, 1.807) is 11.3 Å². The molecule has 0 fully saturated rings. The minimum Gasteiger partial charge on any atom is -0.365 e. The third-order valence-corrected chi connectivity index (χ3v) is 6.16. The Hall–Kier alpha value is -3.02. The lowest BCUT2D eigenvalue weighted by Crippen LogP contribution is -2.16. The number of hydrogen-bond donors (Lipinski definition) is 1. The van der Waals surface area contributed by atoms with Gasteiger partial charge in [0.2, 0.25) is 0 Å². The van der Waals surface area contributed by atoms with Crippen LogP contribution in [0.3, 0.4) is 0 Å². The third-order valence-electron chi connectivity index (χ3n) is 5.04. The van der Waals surface area contributed by atoms with Gasteiger partial charge in [-0.25, -0.2) is 4.98 Å². The quantitative estimate of drug-likeness (QED) is 0.371. The first-order chi connectivity index (χ1) is 14.9. The predicted molar refractivity (Wildman–Crippen MR) is 128 cm³/mol. The normalized spacial score (nSPS) is 12.3. The Balaban J connectivity index is 1.90. The highest BCUT2D eigenvalue weighted by molar-refractivity contribution is 7.19. The molecule has 1 atom stereocenters. The van der Waals surface area contributed by atoms with Crippen LogP contribution in [0, 0.1) is 13.8 Å². The fourth-order valence-electron chi connectivity index (χ4n) is 3.73. The van der Waals surface area contributed by atoms with Crippen LogP contribution in [0.1, 0.15) is 52.0 Å². The van der Waals surface area contributed by atoms with Crippen LogP contribution >= 0.6 is 11.3 Å². The van der Waals surface area contributed by atoms with Crippen molar-refractivity contribution in [1.82, 2.24) is 4.98 Å². The molecule has 0 radical (unpaired) electrons. The average Bonchev–Trinajstić information content (AvgIpc) is 3.11. The van der Waals surface area contributed by atoms with Crippen LogP contribution in [-0.4, -0.2) is 17.0 Å². The molecular weight excluding hydrogens is 404 g/mol. The van der Waals surface area contributed by atoms with Gasteiger partial charge < -0.3 is 10.1 Å². The van der Waals surface area contributed by atoms with E-state index in [4.69, 9.17) is 9.72 Å². The van der Waals surface area contributed by atoms with Gasteiger partial charge >= 0.3 is 0 Å². The molecule has 0 saturated carbocycles. The highest BCUT2D eigenvalue weighted by Gasteiger charge is 2.27. The van der Waals surface area contributed by atoms with E-state index in [1.165, 1.54) is 0 Å². The first-order valence-electron chi connectivity index (χ1n) is 10.4. The zero-order valence-corrected chi connectivity index (χ0v) is 19.0. The average molecular weight is 431 g/mol. The number of carbonyl (C=O) groups excluding carboxylic acids is 1. The molecule has 0 unspecified atom stereocenters. The number of nitrogens with zero attached hydrogens (tertiary/aromatic N) is 1. The number of thiophene rings is 1. The standard InChI is InChI=1S/C26H26N2O2S/c1-16(2)30-23(19-11-7-5-8-12-19)24-22(28-25(29)20-13-9-6-10-14-20)21-17(3)15-18(4)27-26(21)31-24/h5-16,23H,1-4H3,(H,28,29)/t23-/m0/s1. The Morgan fingerprint density at radius 2 is 1.65 bits per heavy atom. The summed E-state index contributed by atoms with van der Waals surface area (Å²) in [5.74, 6) is -0.141. The summed E-state index contributed by atoms with van der Waals surface area (Å²) in [6, 6.07) is 21.5. The molecule has 1 N–H and O–H groups in total. The monoisotopic (exact) mass is 430 g/mol. The van der Waals surface area contributed by atoms with Gasteiger partial charge in [-0.3, -0.25) is 4.79 Å². The number of fused-ring (bicyclic) bond motifs is 1. The van der Waals surface area contributed by atoms with E-state index in [0.29, 0.717) is 5.56 Å². The van der Waals surface area contributed by atoms with Gasteiger partial charge in [-0.15, -0.1) is 11.3 Å². The number of carbonyl (C=O) groups is 1. The summed E-state index contributed by atoms with van der Waals surface area (Å²) in [4.78, 5) is 19.7. The molecule has 4 aromatic rings. The van der Waals surface area contributed by atoms with Crippen molar-refractivity contribution in [3.8, 4) is 0 Å². The van der Waals surface area contributed by atoms with Crippen molar-refractivity contribution in [3.63, 3.8) is 0 Å². The van der Waals surface area contributed by atoms with Gasteiger partial charge in [0.15, 0.2) is 0 Å². The highest BCUT2D eigenvalue weighted by atomic mass is 32.1. The van der Waals surface area contributed by atoms with Crippen LogP contribution in [-0.2, 0) is 4.74 Å². The lowest BCUT2D eigenvalue weighted by Gasteiger charge is -2.21. The van der Waals surface area contributed by atoms with Gasteiger partial charge in [0.25, 0.3) is 5.91 Å². The third kappa shape index (κ3) is 4.53. The number of anilines is 1. The first-order valence-corrected chi connectivity index (χ1v) is 11.2. The number of benzene rings is 2. The summed E-state index contributed by atoms with van der Waals surface area (Å²) >= 11 is 1.58. The lowest BCUT2D eigenvalue weighted by atomic mass is 10.0. The van der Waals surface area contributed by atoms with Crippen LogP contribution in [0.15, 0.2) is 66.7 Å². The van der Waals surface area contributed by atoms with Crippen molar-refractivity contribution < 1.29 is 9.53 Å². The number of amides is 1. The smallest absolute Gasteiger partial charge is 0.255 e. The van der Waals surface area contributed by atoms with Gasteiger partial charge in [-0.1, -0.05) is 48.5 Å². The predicted octanol–water partition coefficient (Wildman–Crippen LogP) is 6.68. The molecule has 2 aromatic carbocycles. The summed E-state index contributed by atoms with van der Waals surface area (Å²) in [6.45, 7) is 8.11. The molecule has 5 heteroatoms. The lowest BCUT2D eigenvalue weighted by molar-refractivity contribution is 0.0327. The van der Waals surface area contributed by atoms with Gasteiger partial charge in [0, 0.05) is 16.6 Å². The second kappa shape index (κ2) is 9.00. The number of rotatable bonds is 6. The first kappa shape index (κ1) is 21.2. The van der Waals surface area contributed by atoms with Crippen molar-refractivity contribution in [2.75, 3.05) is 5.32 Å². The van der Waals surface area contributed by atoms with Gasteiger partial charge in [-0.05, 0) is 57.0 Å². The molecule has 4 nitrogen and oxygen atoms in total. The highest BCUT2D eigenvalue weighted by Crippen LogP contribution is 2.44. The number of nitrogens with one attached hydrogen (secondary N) is 1. The van der Waals surface area contributed by atoms with E-state index in [2.05, 4.69) is 30.4 Å². The maximum absolute atomic E-state index is 13.1. The zero-order valence-electron chi connectivity index (χ0n) is 18.2. The minimum absolute atomic E-state index is 0.0175. The second-order valence-corrected chi connectivity index (χ2v) is 8.93. The van der Waals surface area contributed by atoms with Crippen LogP contribution in [0.5, 0.6) is 0 Å². The molecule has 4 rings (SSSR count). The molecule has 1 amide bonds. The second-order valence-electron chi connectivity index (χ2n) is 7.90. The number of aryl methyl sites for hydroxylation is 2. The van der Waals surface area contributed by atoms with Crippen molar-refractivity contribution in [2.24, 2.45) is 0 Å². The van der Waals surface area contributed by atoms with E-state index in [-0.39, 0.29) is 18.1 Å². The Morgan fingerprint density at radius 1 is 1.00 bits per heavy atom. The maximum Gasteiger partial charge on any atom is 0.255 e. The molecule has 0 aliphatic heterocycles. The van der Waals surface area contributed by atoms with E-state index < -0.39 is 0 Å². The summed E-state index contributed by atoms with van der Waals surface area (Å²) in [5.41, 5.74) is 4.50. The van der Waals surface area contributed by atoms with E-state index in [1.807, 2.05) is 69.3 Å². The molecule has 2 aromatic heterocycles. The van der Waals surface area contributed by atoms with Gasteiger partial charge in [0.1, 0.15) is 10.9 Å². The fraction of sp³-hybridized carbons (Fsp3) is 0.231. The minimum atomic E-state index is -0.300. The van der Waals surface area contributed by atoms with Crippen LogP contribution < -0.4 is 5.32 Å². The summed E-state index contributed by atoms with van der Waals surface area (Å²) in [7, 11) is 0. The largest absolute Gasteiger partial charge is 0.365 e. The zero-order chi connectivity index (χ0) is 22.0. The molecule has 2 heterocycles. The Kier molecular flexibility index (Phi) is 6.16. The Labute approximate surface area is 186 Å². The van der Waals surface area contributed by atoms with Crippen LogP contribution in [0.25, 0.3) is 10.2 Å². The molecule has 0 saturated heterocycles. The number of hydrogen-bond acceptors (Lipinski definition) is 4. The Bertz CT molecular complexity index is 1200. The summed E-state index contributed by atoms with van der Waals surface area (Å²) < 4.78 is 6.38. The molecule has 0 spiro atoms. The van der Waals surface area contributed by atoms with Crippen molar-refractivity contribution in [1.29, 1.82) is 0 Å². The van der Waals surface area contributed by atoms with E-state index in [0.717, 1.165) is 37.6 Å². The molecular formula is C26H26N2O2S. The van der Waals surface area contributed by atoms with Crippen LogP contribution in [0.4, 0.5) is 5.69 Å². The fourth-order valence-corrected chi connectivity index (χ4v) is 5.05. The molecule has 0 bridgehead atoms. The summed E-state index contributed by atoms with van der Waals surface area (Å²) in [5, 5.41) is 4.16. The number of aromatic nitrogens is 1. The topological polar surface area (TPSA) is 51.2 Å².